The van der Waals surface area contributed by atoms with Crippen LogP contribution in [-0.2, 0) is 9.59 Å². The number of hydrogen-bond acceptors (Lipinski definition) is 4. The van der Waals surface area contributed by atoms with Gasteiger partial charge in [-0.3, -0.25) is 19.4 Å². The first kappa shape index (κ1) is 21.0. The van der Waals surface area contributed by atoms with Crippen LogP contribution in [0.5, 0.6) is 0 Å². The van der Waals surface area contributed by atoms with E-state index in [2.05, 4.69) is 10.2 Å². The summed E-state index contributed by atoms with van der Waals surface area (Å²) in [5, 5.41) is 2.72. The molecule has 1 saturated heterocycles. The van der Waals surface area contributed by atoms with E-state index in [9.17, 15) is 14.0 Å². The summed E-state index contributed by atoms with van der Waals surface area (Å²) in [5.41, 5.74) is 1.33. The predicted molar refractivity (Wildman–Crippen MR) is 112 cm³/mol. The molecule has 1 aliphatic rings. The minimum absolute atomic E-state index is 0.0495. The minimum Gasteiger partial charge on any atom is -0.325 e. The Morgan fingerprint density at radius 1 is 1.07 bits per heavy atom. The van der Waals surface area contributed by atoms with Crippen molar-refractivity contribution < 1.29 is 14.0 Å². The summed E-state index contributed by atoms with van der Waals surface area (Å²) in [6.45, 7) is 4.99. The van der Waals surface area contributed by atoms with E-state index in [-0.39, 0.29) is 30.2 Å². The van der Waals surface area contributed by atoms with Gasteiger partial charge in [-0.1, -0.05) is 24.3 Å². The molecule has 2 aromatic carbocycles. The maximum atomic E-state index is 13.2. The molecule has 1 N–H and O–H groups in total. The lowest BCUT2D eigenvalue weighted by atomic mass is 10.2. The van der Waals surface area contributed by atoms with Gasteiger partial charge < -0.3 is 10.2 Å². The highest BCUT2D eigenvalue weighted by Crippen LogP contribution is 2.15. The summed E-state index contributed by atoms with van der Waals surface area (Å²) in [4.78, 5) is 30.9. The maximum absolute atomic E-state index is 13.2. The number of amides is 2. The first-order chi connectivity index (χ1) is 13.9. The molecule has 0 saturated carbocycles. The van der Waals surface area contributed by atoms with Gasteiger partial charge in [0.1, 0.15) is 5.82 Å². The lowest BCUT2D eigenvalue weighted by Gasteiger charge is -2.38. The van der Waals surface area contributed by atoms with Gasteiger partial charge in [0.2, 0.25) is 11.8 Å². The van der Waals surface area contributed by atoms with Crippen LogP contribution >= 0.6 is 0 Å². The Bertz CT molecular complexity index is 838. The Labute approximate surface area is 170 Å². The van der Waals surface area contributed by atoms with Crippen LogP contribution in [0.1, 0.15) is 6.92 Å². The second kappa shape index (κ2) is 9.62. The first-order valence-corrected chi connectivity index (χ1v) is 9.78. The van der Waals surface area contributed by atoms with E-state index >= 15 is 0 Å². The van der Waals surface area contributed by atoms with E-state index in [1.165, 1.54) is 12.1 Å². The number of piperazine rings is 1. The molecule has 0 radical (unpaired) electrons. The van der Waals surface area contributed by atoms with Crippen molar-refractivity contribution in [3.8, 4) is 0 Å². The van der Waals surface area contributed by atoms with E-state index in [1.54, 1.807) is 24.1 Å². The Hall–Kier alpha value is -2.77. The smallest absolute Gasteiger partial charge is 0.243 e. The summed E-state index contributed by atoms with van der Waals surface area (Å²) < 4.78 is 13.2. The van der Waals surface area contributed by atoms with Gasteiger partial charge in [-0.25, -0.2) is 4.39 Å². The molecule has 1 atom stereocenters. The molecule has 6 nitrogen and oxygen atoms in total. The van der Waals surface area contributed by atoms with Crippen molar-refractivity contribution in [2.75, 3.05) is 50.0 Å². The summed E-state index contributed by atoms with van der Waals surface area (Å²) in [7, 11) is 1.79. The minimum atomic E-state index is -0.379. The van der Waals surface area contributed by atoms with Crippen molar-refractivity contribution in [2.24, 2.45) is 0 Å². The highest BCUT2D eigenvalue weighted by Gasteiger charge is 2.28. The van der Waals surface area contributed by atoms with Crippen LogP contribution in [0.4, 0.5) is 15.8 Å². The van der Waals surface area contributed by atoms with Gasteiger partial charge in [0.25, 0.3) is 0 Å². The third-order valence-corrected chi connectivity index (χ3v) is 5.26. The first-order valence-electron chi connectivity index (χ1n) is 9.78. The lowest BCUT2D eigenvalue weighted by Crippen LogP contribution is -2.55. The van der Waals surface area contributed by atoms with Crippen LogP contribution in [0.25, 0.3) is 0 Å². The van der Waals surface area contributed by atoms with Crippen LogP contribution in [0.3, 0.4) is 0 Å². The number of likely N-dealkylation sites (N-methyl/N-ethyl adjacent to an activating group) is 1. The van der Waals surface area contributed by atoms with Crippen LogP contribution in [-0.4, -0.2) is 67.4 Å². The van der Waals surface area contributed by atoms with E-state index in [1.807, 2.05) is 42.2 Å². The third kappa shape index (κ3) is 5.62. The topological polar surface area (TPSA) is 55.9 Å². The molecule has 3 rings (SSSR count). The van der Waals surface area contributed by atoms with Crippen molar-refractivity contribution >= 4 is 23.2 Å². The highest BCUT2D eigenvalue weighted by molar-refractivity contribution is 5.96. The Morgan fingerprint density at radius 2 is 1.76 bits per heavy atom. The molecule has 1 aliphatic heterocycles. The van der Waals surface area contributed by atoms with Gasteiger partial charge in [-0.05, 0) is 37.3 Å². The molecule has 1 heterocycles. The SMILES string of the molecule is C[C@H](C(=O)N(C)c1ccccc1)N1CCN(CC(=O)Nc2cccc(F)c2)CC1. The summed E-state index contributed by atoms with van der Waals surface area (Å²) >= 11 is 0. The second-order valence-corrected chi connectivity index (χ2v) is 7.28. The highest BCUT2D eigenvalue weighted by atomic mass is 19.1. The number of hydrogen-bond donors (Lipinski definition) is 1. The van der Waals surface area contributed by atoms with Crippen LogP contribution in [0, 0.1) is 5.82 Å². The zero-order valence-electron chi connectivity index (χ0n) is 16.8. The Balaban J connectivity index is 1.47. The van der Waals surface area contributed by atoms with Crippen LogP contribution in [0.2, 0.25) is 0 Å². The number of nitrogens with one attached hydrogen (secondary N) is 1. The lowest BCUT2D eigenvalue weighted by molar-refractivity contribution is -0.124. The molecule has 2 aromatic rings. The number of benzene rings is 2. The average Bonchev–Trinajstić information content (AvgIpc) is 2.73. The van der Waals surface area contributed by atoms with Crippen molar-refractivity contribution in [1.82, 2.24) is 9.80 Å². The molecule has 0 spiro atoms. The van der Waals surface area contributed by atoms with Crippen molar-refractivity contribution in [2.45, 2.75) is 13.0 Å². The average molecular weight is 398 g/mol. The fourth-order valence-electron chi connectivity index (χ4n) is 3.49. The summed E-state index contributed by atoms with van der Waals surface area (Å²) in [6.07, 6.45) is 0. The van der Waals surface area contributed by atoms with Gasteiger partial charge in [-0.2, -0.15) is 0 Å². The van der Waals surface area contributed by atoms with Gasteiger partial charge in [-0.15, -0.1) is 0 Å². The molecular formula is C22H27FN4O2. The Morgan fingerprint density at radius 3 is 2.41 bits per heavy atom. The van der Waals surface area contributed by atoms with Gasteiger partial charge in [0.15, 0.2) is 0 Å². The molecule has 2 amide bonds. The monoisotopic (exact) mass is 398 g/mol. The quantitative estimate of drug-likeness (QED) is 0.812. The molecule has 7 heteroatoms. The zero-order chi connectivity index (χ0) is 20.8. The van der Waals surface area contributed by atoms with Crippen molar-refractivity contribution in [1.29, 1.82) is 0 Å². The van der Waals surface area contributed by atoms with Crippen LogP contribution in [0.15, 0.2) is 54.6 Å². The molecule has 0 unspecified atom stereocenters. The predicted octanol–water partition coefficient (Wildman–Crippen LogP) is 2.43. The third-order valence-electron chi connectivity index (χ3n) is 5.26. The number of para-hydroxylation sites is 1. The van der Waals surface area contributed by atoms with Gasteiger partial charge in [0.05, 0.1) is 12.6 Å². The molecule has 0 bridgehead atoms. The zero-order valence-corrected chi connectivity index (χ0v) is 16.8. The van der Waals surface area contributed by atoms with Crippen molar-refractivity contribution in [3.63, 3.8) is 0 Å². The number of halogens is 1. The van der Waals surface area contributed by atoms with Crippen LogP contribution < -0.4 is 10.2 Å². The summed E-state index contributed by atoms with van der Waals surface area (Å²) in [6, 6.07) is 15.2. The molecular weight excluding hydrogens is 371 g/mol. The number of rotatable bonds is 6. The number of anilines is 2. The number of carbonyl (C=O) groups excluding carboxylic acids is 2. The fourth-order valence-corrected chi connectivity index (χ4v) is 3.49. The second-order valence-electron chi connectivity index (χ2n) is 7.28. The van der Waals surface area contributed by atoms with E-state index in [0.29, 0.717) is 31.9 Å². The van der Waals surface area contributed by atoms with Crippen molar-refractivity contribution in [3.05, 3.63) is 60.4 Å². The largest absolute Gasteiger partial charge is 0.325 e. The molecule has 29 heavy (non-hydrogen) atoms. The number of carbonyl (C=O) groups is 2. The van der Waals surface area contributed by atoms with E-state index < -0.39 is 0 Å². The molecule has 0 aliphatic carbocycles. The standard InChI is InChI=1S/C22H27FN4O2/c1-17(22(29)25(2)20-9-4-3-5-10-20)27-13-11-26(12-14-27)16-21(28)24-19-8-6-7-18(23)15-19/h3-10,15,17H,11-14,16H2,1-2H3,(H,24,28)/t17-/m1/s1. The fraction of sp³-hybridized carbons (Fsp3) is 0.364. The van der Waals surface area contributed by atoms with E-state index in [4.69, 9.17) is 0 Å². The number of nitrogens with zero attached hydrogens (tertiary/aromatic N) is 3. The normalized spacial score (nSPS) is 16.2. The van der Waals surface area contributed by atoms with Gasteiger partial charge in [0, 0.05) is 44.6 Å². The maximum Gasteiger partial charge on any atom is 0.243 e. The summed E-state index contributed by atoms with van der Waals surface area (Å²) in [5.74, 6) is -0.499. The molecule has 0 aromatic heterocycles. The molecule has 1 fully saturated rings. The van der Waals surface area contributed by atoms with Gasteiger partial charge >= 0.3 is 0 Å². The van der Waals surface area contributed by atoms with E-state index in [0.717, 1.165) is 5.69 Å². The molecule has 154 valence electrons. The Kier molecular flexibility index (Phi) is 6.95.